The number of aryl methyl sites for hydroxylation is 2. The highest BCUT2D eigenvalue weighted by Gasteiger charge is 2.19. The highest BCUT2D eigenvalue weighted by atomic mass is 16.5. The fourth-order valence-corrected chi connectivity index (χ4v) is 2.82. The number of fused-ring (bicyclic) bond motifs is 1. The van der Waals surface area contributed by atoms with Crippen LogP contribution in [0, 0.1) is 13.8 Å². The van der Waals surface area contributed by atoms with Crippen LogP contribution in [0.3, 0.4) is 0 Å². The van der Waals surface area contributed by atoms with Gasteiger partial charge in [0.25, 0.3) is 11.6 Å². The third kappa shape index (κ3) is 2.97. The Balaban J connectivity index is 1.75. The lowest BCUT2D eigenvalue weighted by molar-refractivity contribution is 0.0949. The number of benzene rings is 1. The monoisotopic (exact) mass is 347 g/mol. The van der Waals surface area contributed by atoms with Crippen LogP contribution in [0.25, 0.3) is 22.4 Å². The lowest BCUT2D eigenvalue weighted by Gasteiger charge is -2.08. The summed E-state index contributed by atoms with van der Waals surface area (Å²) in [7, 11) is 0. The van der Waals surface area contributed by atoms with Gasteiger partial charge in [-0.15, -0.1) is 0 Å². The van der Waals surface area contributed by atoms with Gasteiger partial charge in [0.15, 0.2) is 0 Å². The zero-order chi connectivity index (χ0) is 18.1. The van der Waals surface area contributed by atoms with Crippen LogP contribution >= 0.6 is 0 Å². The zero-order valence-corrected chi connectivity index (χ0v) is 14.4. The Bertz CT molecular complexity index is 1060. The number of nitrogens with one attached hydrogen (secondary N) is 1. The number of carbonyl (C=O) groups excluding carboxylic acids is 1. The van der Waals surface area contributed by atoms with Crippen molar-refractivity contribution >= 4 is 17.0 Å². The van der Waals surface area contributed by atoms with E-state index in [9.17, 15) is 4.79 Å². The second-order valence-electron chi connectivity index (χ2n) is 6.13. The van der Waals surface area contributed by atoms with Gasteiger partial charge in [0.05, 0.1) is 35.1 Å². The van der Waals surface area contributed by atoms with Gasteiger partial charge in [0, 0.05) is 5.56 Å². The summed E-state index contributed by atoms with van der Waals surface area (Å²) in [6, 6.07) is 13.3. The predicted octanol–water partition coefficient (Wildman–Crippen LogP) is 4.03. The highest BCUT2D eigenvalue weighted by molar-refractivity contribution is 6.06. The molecule has 4 aromatic rings. The number of hydrogen-bond donors (Lipinski definition) is 1. The number of aromatic nitrogens is 2. The first kappa shape index (κ1) is 16.1. The van der Waals surface area contributed by atoms with Gasteiger partial charge in [-0.3, -0.25) is 4.79 Å². The number of rotatable bonds is 4. The van der Waals surface area contributed by atoms with E-state index in [1.54, 1.807) is 25.3 Å². The van der Waals surface area contributed by atoms with E-state index in [0.717, 1.165) is 11.1 Å². The van der Waals surface area contributed by atoms with Gasteiger partial charge in [-0.1, -0.05) is 35.0 Å². The number of hydrogen-bond acceptors (Lipinski definition) is 5. The van der Waals surface area contributed by atoms with Crippen molar-refractivity contribution in [3.05, 3.63) is 71.3 Å². The molecule has 6 nitrogen and oxygen atoms in total. The van der Waals surface area contributed by atoms with Crippen LogP contribution in [-0.4, -0.2) is 16.0 Å². The fraction of sp³-hybridized carbons (Fsp3) is 0.150. The SMILES string of the molecule is Cc1ccc(-c2cc(C(=O)NCc3ccco3)c3c(C)noc3n2)cc1. The molecule has 1 N–H and O–H groups in total. The predicted molar refractivity (Wildman–Crippen MR) is 96.6 cm³/mol. The number of nitrogens with zero attached hydrogens (tertiary/aromatic N) is 2. The first-order valence-corrected chi connectivity index (χ1v) is 8.26. The van der Waals surface area contributed by atoms with Crippen LogP contribution in [0.15, 0.2) is 57.7 Å². The Kier molecular flexibility index (Phi) is 4.01. The van der Waals surface area contributed by atoms with Crippen LogP contribution in [0.2, 0.25) is 0 Å². The molecule has 0 saturated carbocycles. The molecule has 4 rings (SSSR count). The smallest absolute Gasteiger partial charge is 0.259 e. The molecule has 1 amide bonds. The average Bonchev–Trinajstić information content (AvgIpc) is 3.30. The summed E-state index contributed by atoms with van der Waals surface area (Å²) in [5.74, 6) is 0.456. The van der Waals surface area contributed by atoms with E-state index >= 15 is 0 Å². The molecule has 130 valence electrons. The van der Waals surface area contributed by atoms with Crippen LogP contribution in [0.5, 0.6) is 0 Å². The summed E-state index contributed by atoms with van der Waals surface area (Å²) in [5.41, 5.74) is 4.19. The maximum Gasteiger partial charge on any atom is 0.259 e. The highest BCUT2D eigenvalue weighted by Crippen LogP contribution is 2.27. The van der Waals surface area contributed by atoms with E-state index in [1.807, 2.05) is 37.3 Å². The molecule has 0 spiro atoms. The Morgan fingerprint density at radius 3 is 2.69 bits per heavy atom. The topological polar surface area (TPSA) is 81.2 Å². The van der Waals surface area contributed by atoms with Crippen molar-refractivity contribution < 1.29 is 13.7 Å². The van der Waals surface area contributed by atoms with E-state index in [4.69, 9.17) is 8.94 Å². The summed E-state index contributed by atoms with van der Waals surface area (Å²) in [5, 5.41) is 7.45. The van der Waals surface area contributed by atoms with Crippen LogP contribution < -0.4 is 5.32 Å². The van der Waals surface area contributed by atoms with E-state index in [1.165, 1.54) is 0 Å². The fourth-order valence-electron chi connectivity index (χ4n) is 2.82. The van der Waals surface area contributed by atoms with E-state index in [0.29, 0.717) is 40.4 Å². The Labute approximate surface area is 149 Å². The molecule has 0 aliphatic rings. The van der Waals surface area contributed by atoms with Gasteiger partial charge in [0.1, 0.15) is 5.76 Å². The van der Waals surface area contributed by atoms with Crippen LogP contribution in [0.4, 0.5) is 0 Å². The van der Waals surface area contributed by atoms with Crippen molar-refractivity contribution in [1.29, 1.82) is 0 Å². The van der Waals surface area contributed by atoms with E-state index < -0.39 is 0 Å². The minimum absolute atomic E-state index is 0.228. The Hall–Kier alpha value is -3.41. The molecular formula is C20H17N3O3. The molecule has 3 aromatic heterocycles. The molecular weight excluding hydrogens is 330 g/mol. The molecule has 0 unspecified atom stereocenters. The third-order valence-corrected chi connectivity index (χ3v) is 4.21. The maximum absolute atomic E-state index is 12.8. The summed E-state index contributed by atoms with van der Waals surface area (Å²) in [4.78, 5) is 17.3. The molecule has 1 aromatic carbocycles. The minimum atomic E-state index is -0.228. The Morgan fingerprint density at radius 2 is 1.96 bits per heavy atom. The Morgan fingerprint density at radius 1 is 1.15 bits per heavy atom. The standard InChI is InChI=1S/C20H17N3O3/c1-12-5-7-14(8-6-12)17-10-16(18-13(2)23-26-20(18)22-17)19(24)21-11-15-4-3-9-25-15/h3-10H,11H2,1-2H3,(H,21,24). The van der Waals surface area contributed by atoms with Crippen molar-refractivity contribution in [3.63, 3.8) is 0 Å². The molecule has 0 saturated heterocycles. The van der Waals surface area contributed by atoms with Gasteiger partial charge in [-0.25, -0.2) is 4.98 Å². The molecule has 0 radical (unpaired) electrons. The van der Waals surface area contributed by atoms with E-state index in [-0.39, 0.29) is 5.91 Å². The number of furan rings is 1. The molecule has 3 heterocycles. The van der Waals surface area contributed by atoms with Gasteiger partial charge in [-0.05, 0) is 32.0 Å². The molecule has 26 heavy (non-hydrogen) atoms. The normalized spacial score (nSPS) is 11.0. The van der Waals surface area contributed by atoms with E-state index in [2.05, 4.69) is 15.5 Å². The summed E-state index contributed by atoms with van der Waals surface area (Å²) >= 11 is 0. The second kappa shape index (κ2) is 6.48. The minimum Gasteiger partial charge on any atom is -0.467 e. The van der Waals surface area contributed by atoms with Crippen LogP contribution in [-0.2, 0) is 6.54 Å². The van der Waals surface area contributed by atoms with Gasteiger partial charge < -0.3 is 14.3 Å². The first-order chi connectivity index (χ1) is 12.6. The lowest BCUT2D eigenvalue weighted by Crippen LogP contribution is -2.23. The summed E-state index contributed by atoms with van der Waals surface area (Å²) in [6.07, 6.45) is 1.58. The van der Waals surface area contributed by atoms with Crippen molar-refractivity contribution in [3.8, 4) is 11.3 Å². The number of amides is 1. The molecule has 0 fully saturated rings. The number of carbonyl (C=O) groups is 1. The van der Waals surface area contributed by atoms with Gasteiger partial charge in [-0.2, -0.15) is 0 Å². The van der Waals surface area contributed by atoms with Crippen LogP contribution in [0.1, 0.15) is 27.4 Å². The van der Waals surface area contributed by atoms with Crippen molar-refractivity contribution in [2.24, 2.45) is 0 Å². The number of pyridine rings is 1. The van der Waals surface area contributed by atoms with Gasteiger partial charge in [0.2, 0.25) is 0 Å². The molecule has 0 atom stereocenters. The van der Waals surface area contributed by atoms with Gasteiger partial charge >= 0.3 is 0 Å². The van der Waals surface area contributed by atoms with Crippen molar-refractivity contribution in [1.82, 2.24) is 15.5 Å². The molecule has 0 aliphatic carbocycles. The molecule has 0 bridgehead atoms. The second-order valence-corrected chi connectivity index (χ2v) is 6.13. The zero-order valence-electron chi connectivity index (χ0n) is 14.4. The molecule has 0 aliphatic heterocycles. The van der Waals surface area contributed by atoms with Crippen molar-refractivity contribution in [2.75, 3.05) is 0 Å². The largest absolute Gasteiger partial charge is 0.467 e. The summed E-state index contributed by atoms with van der Waals surface area (Å²) in [6.45, 7) is 4.12. The first-order valence-electron chi connectivity index (χ1n) is 8.26. The third-order valence-electron chi connectivity index (χ3n) is 4.21. The van der Waals surface area contributed by atoms with Crippen molar-refractivity contribution in [2.45, 2.75) is 20.4 Å². The maximum atomic E-state index is 12.8. The average molecular weight is 347 g/mol. The lowest BCUT2D eigenvalue weighted by atomic mass is 10.0. The molecule has 6 heteroatoms. The summed E-state index contributed by atoms with van der Waals surface area (Å²) < 4.78 is 10.6. The quantitative estimate of drug-likeness (QED) is 0.603.